The van der Waals surface area contributed by atoms with Crippen molar-refractivity contribution in [2.75, 3.05) is 24.6 Å². The summed E-state index contributed by atoms with van der Waals surface area (Å²) in [5.41, 5.74) is 0. The average Bonchev–Trinajstić information content (AvgIpc) is 2.53. The van der Waals surface area contributed by atoms with Gasteiger partial charge in [-0.2, -0.15) is 0 Å². The molecule has 0 aromatic heterocycles. The number of carboxylic acid groups (broad SMARTS) is 2. The first-order valence-corrected chi connectivity index (χ1v) is 12.6. The van der Waals surface area contributed by atoms with Gasteiger partial charge in [0, 0.05) is 0 Å². The molecular formula is C19H41O4P. The molecule has 0 aromatic rings. The molecule has 0 spiro atoms. The van der Waals surface area contributed by atoms with Crippen molar-refractivity contribution in [1.29, 1.82) is 0 Å². The summed E-state index contributed by atoms with van der Waals surface area (Å²) in [5.74, 6) is -2.62. The van der Waals surface area contributed by atoms with E-state index < -0.39 is 25.6 Å². The van der Waals surface area contributed by atoms with Gasteiger partial charge < -0.3 is 10.2 Å². The molecule has 0 radical (unpaired) electrons. The Labute approximate surface area is 149 Å². The molecule has 0 aliphatic rings. The molecule has 0 heterocycles. The Kier molecular flexibility index (Phi) is 18.4. The minimum atomic E-state index is -1.31. The van der Waals surface area contributed by atoms with Gasteiger partial charge in [-0.05, 0) is 0 Å². The molecule has 4 nitrogen and oxygen atoms in total. The fraction of sp³-hybridized carbons (Fsp3) is 0.895. The molecule has 2 N–H and O–H groups in total. The van der Waals surface area contributed by atoms with Crippen LogP contribution < -0.4 is 0 Å². The van der Waals surface area contributed by atoms with Gasteiger partial charge in [0.25, 0.3) is 0 Å². The maximum atomic E-state index is 9.43. The van der Waals surface area contributed by atoms with Crippen molar-refractivity contribution in [2.45, 2.75) is 85.5 Å². The summed E-state index contributed by atoms with van der Waals surface area (Å²) in [4.78, 5) is 18.9. The Hall–Kier alpha value is -0.630. The van der Waals surface area contributed by atoms with Gasteiger partial charge in [-0.3, -0.25) is 9.59 Å². The molecule has 0 saturated carbocycles. The van der Waals surface area contributed by atoms with E-state index in [0.717, 1.165) is 0 Å². The van der Waals surface area contributed by atoms with E-state index in [0.29, 0.717) is 0 Å². The van der Waals surface area contributed by atoms with Crippen molar-refractivity contribution < 1.29 is 19.8 Å². The summed E-state index contributed by atoms with van der Waals surface area (Å²) in [6.07, 6.45) is 17.3. The van der Waals surface area contributed by atoms with E-state index in [1.807, 2.05) is 0 Å². The zero-order valence-electron chi connectivity index (χ0n) is 16.4. The van der Waals surface area contributed by atoms with Crippen LogP contribution in [0.2, 0.25) is 0 Å². The second kappa shape index (κ2) is 17.2. The number of aliphatic carboxylic acids is 2. The van der Waals surface area contributed by atoms with Crippen LogP contribution in [-0.4, -0.2) is 46.8 Å². The summed E-state index contributed by atoms with van der Waals surface area (Å²) in [7, 11) is -0.879. The third kappa shape index (κ3) is 16.2. The third-order valence-corrected chi connectivity index (χ3v) is 10.2. The predicted molar refractivity (Wildman–Crippen MR) is 107 cm³/mol. The zero-order chi connectivity index (χ0) is 18.8. The number of carboxylic acids is 2. The third-order valence-electron chi connectivity index (χ3n) is 4.55. The van der Waals surface area contributed by atoms with Gasteiger partial charge in [-0.15, -0.1) is 0 Å². The Morgan fingerprint density at radius 1 is 0.625 bits per heavy atom. The molecule has 0 amide bonds. The number of hydrogen-bond donors (Lipinski definition) is 2. The van der Waals surface area contributed by atoms with Crippen molar-refractivity contribution in [1.82, 2.24) is 0 Å². The second-order valence-electron chi connectivity index (χ2n) is 6.88. The van der Waals surface area contributed by atoms with Crippen LogP contribution in [-0.2, 0) is 9.59 Å². The summed E-state index contributed by atoms with van der Waals surface area (Å²) in [5, 5.41) is 15.4. The first-order valence-electron chi connectivity index (χ1n) is 9.81. The largest absolute Gasteiger partial charge is 0.481 e. The Bertz CT molecular complexity index is 269. The Morgan fingerprint density at radius 2 is 0.875 bits per heavy atom. The normalized spacial score (nSPS) is 11.5. The van der Waals surface area contributed by atoms with Crippen molar-refractivity contribution in [3.63, 3.8) is 0 Å². The molecular weight excluding hydrogens is 323 g/mol. The van der Waals surface area contributed by atoms with Gasteiger partial charge >= 0.3 is 123 Å². The van der Waals surface area contributed by atoms with Crippen molar-refractivity contribution >= 4 is 19.2 Å². The predicted octanol–water partition coefficient (Wildman–Crippen LogP) is 5.48. The summed E-state index contributed by atoms with van der Waals surface area (Å²) < 4.78 is 0. The standard InChI is InChI=1S/C16H37P.C3H4O4/c1-5-9-13-17(14-10-6-2,15-11-7-3)16-12-8-4;4-2(5)1-3(6)7/h17H,5-16H2,1-4H3;1H2,(H,4,5)(H,6,7). The quantitative estimate of drug-likeness (QED) is 0.316. The van der Waals surface area contributed by atoms with Crippen molar-refractivity contribution in [3.05, 3.63) is 0 Å². The molecule has 0 aliphatic heterocycles. The van der Waals surface area contributed by atoms with Crippen LogP contribution in [0.25, 0.3) is 0 Å². The van der Waals surface area contributed by atoms with Crippen molar-refractivity contribution in [2.24, 2.45) is 0 Å². The molecule has 0 bridgehead atoms. The minimum absolute atomic E-state index is 0.806. The molecule has 146 valence electrons. The van der Waals surface area contributed by atoms with Crippen LogP contribution in [0, 0.1) is 0 Å². The van der Waals surface area contributed by atoms with E-state index in [2.05, 4.69) is 27.7 Å². The smallest absolute Gasteiger partial charge is 0.314 e. The second-order valence-corrected chi connectivity index (χ2v) is 11.9. The van der Waals surface area contributed by atoms with Crippen LogP contribution in [0.4, 0.5) is 0 Å². The van der Waals surface area contributed by atoms with Gasteiger partial charge in [0.05, 0.1) is 0 Å². The van der Waals surface area contributed by atoms with Crippen LogP contribution >= 0.6 is 7.26 Å². The fourth-order valence-electron chi connectivity index (χ4n) is 3.09. The van der Waals surface area contributed by atoms with Gasteiger partial charge in [0.2, 0.25) is 0 Å². The maximum absolute atomic E-state index is 9.43. The van der Waals surface area contributed by atoms with Crippen molar-refractivity contribution in [3.8, 4) is 0 Å². The van der Waals surface area contributed by atoms with E-state index in [4.69, 9.17) is 10.2 Å². The first-order chi connectivity index (χ1) is 11.4. The van der Waals surface area contributed by atoms with Crippen LogP contribution in [0.5, 0.6) is 0 Å². The topological polar surface area (TPSA) is 74.6 Å². The minimum Gasteiger partial charge on any atom is -0.481 e. The molecule has 0 fully saturated rings. The molecule has 0 aromatic carbocycles. The SMILES string of the molecule is CCCC[PH](CCCC)(CCCC)CCCC.O=C(O)CC(=O)O. The van der Waals surface area contributed by atoms with Gasteiger partial charge in [-0.1, -0.05) is 0 Å². The summed E-state index contributed by atoms with van der Waals surface area (Å²) in [6, 6.07) is 0. The zero-order valence-corrected chi connectivity index (χ0v) is 17.4. The van der Waals surface area contributed by atoms with Gasteiger partial charge in [-0.25, -0.2) is 0 Å². The number of rotatable bonds is 14. The Morgan fingerprint density at radius 3 is 1.00 bits per heavy atom. The van der Waals surface area contributed by atoms with Crippen LogP contribution in [0.1, 0.15) is 85.5 Å². The number of unbranched alkanes of at least 4 members (excludes halogenated alkanes) is 4. The molecule has 0 aliphatic carbocycles. The van der Waals surface area contributed by atoms with E-state index in [9.17, 15) is 9.59 Å². The molecule has 24 heavy (non-hydrogen) atoms. The van der Waals surface area contributed by atoms with E-state index in [1.54, 1.807) is 24.6 Å². The monoisotopic (exact) mass is 364 g/mol. The molecule has 0 unspecified atom stereocenters. The first kappa shape index (κ1) is 25.6. The van der Waals surface area contributed by atoms with Crippen LogP contribution in [0.3, 0.4) is 0 Å². The van der Waals surface area contributed by atoms with E-state index in [-0.39, 0.29) is 0 Å². The molecule has 5 heteroatoms. The Balaban J connectivity index is 0. The summed E-state index contributed by atoms with van der Waals surface area (Å²) >= 11 is 0. The summed E-state index contributed by atoms with van der Waals surface area (Å²) in [6.45, 7) is 9.44. The van der Waals surface area contributed by atoms with Gasteiger partial charge in [0.15, 0.2) is 0 Å². The van der Waals surface area contributed by atoms with Crippen LogP contribution in [0.15, 0.2) is 0 Å². The molecule has 0 rings (SSSR count). The fourth-order valence-corrected chi connectivity index (χ4v) is 9.00. The number of hydrogen-bond acceptors (Lipinski definition) is 2. The molecule has 0 saturated heterocycles. The van der Waals surface area contributed by atoms with E-state index >= 15 is 0 Å². The van der Waals surface area contributed by atoms with Gasteiger partial charge in [0.1, 0.15) is 6.42 Å². The van der Waals surface area contributed by atoms with E-state index in [1.165, 1.54) is 51.4 Å². The molecule has 0 atom stereocenters. The average molecular weight is 365 g/mol. The maximum Gasteiger partial charge on any atom is 0.314 e. The number of carbonyl (C=O) groups is 2.